The highest BCUT2D eigenvalue weighted by atomic mass is 19.1. The zero-order valence-corrected chi connectivity index (χ0v) is 18.5. The molecule has 0 aliphatic carbocycles. The van der Waals surface area contributed by atoms with E-state index in [0.717, 1.165) is 35.3 Å². The molecular formula is C26H25FN4O2. The first kappa shape index (κ1) is 22.2. The molecule has 4 aromatic rings. The number of fused-ring (bicyclic) bond motifs is 1. The van der Waals surface area contributed by atoms with Gasteiger partial charge < -0.3 is 15.8 Å². The molecule has 0 saturated heterocycles. The second-order valence-electron chi connectivity index (χ2n) is 8.14. The van der Waals surface area contributed by atoms with Gasteiger partial charge in [-0.05, 0) is 61.5 Å². The Morgan fingerprint density at radius 3 is 2.24 bits per heavy atom. The number of H-pyrrole nitrogens is 1. The number of hydrogen-bond acceptors (Lipinski definition) is 4. The van der Waals surface area contributed by atoms with E-state index >= 15 is 0 Å². The van der Waals surface area contributed by atoms with Gasteiger partial charge in [0.15, 0.2) is 5.88 Å². The fraction of sp³-hybridized carbons (Fsp3) is 0.154. The summed E-state index contributed by atoms with van der Waals surface area (Å²) >= 11 is 0. The number of amides is 1. The standard InChI is InChI=1S/C26H25FN4O2/c1-16(24-22-12-7-19(25(28)32)13-23(22)30-26(24)33)29-21-10-5-18(6-11-21)15-31(2)14-17-3-8-20(27)9-4-17/h3-13,30,33H,14-15H2,1-2H3,(H2,28,32). The van der Waals surface area contributed by atoms with Gasteiger partial charge in [0.2, 0.25) is 5.91 Å². The van der Waals surface area contributed by atoms with Crippen LogP contribution >= 0.6 is 0 Å². The van der Waals surface area contributed by atoms with E-state index in [0.29, 0.717) is 22.4 Å². The Bertz CT molecular complexity index is 1330. The maximum atomic E-state index is 13.1. The third-order valence-electron chi connectivity index (χ3n) is 5.48. The van der Waals surface area contributed by atoms with Crippen LogP contribution < -0.4 is 5.73 Å². The lowest BCUT2D eigenvalue weighted by molar-refractivity contribution is 0.100. The molecule has 33 heavy (non-hydrogen) atoms. The first-order valence-electron chi connectivity index (χ1n) is 10.5. The Morgan fingerprint density at radius 2 is 1.64 bits per heavy atom. The van der Waals surface area contributed by atoms with Crippen LogP contribution in [0.15, 0.2) is 71.7 Å². The Hall–Kier alpha value is -3.97. The lowest BCUT2D eigenvalue weighted by Crippen LogP contribution is -2.17. The van der Waals surface area contributed by atoms with E-state index in [1.165, 1.54) is 12.1 Å². The second kappa shape index (κ2) is 9.26. The van der Waals surface area contributed by atoms with Crippen LogP contribution in [-0.4, -0.2) is 33.7 Å². The SMILES string of the molecule is CC(=Nc1ccc(CN(C)Cc2ccc(F)cc2)cc1)c1c(O)[nH]c2cc(C(N)=O)ccc12. The van der Waals surface area contributed by atoms with E-state index in [4.69, 9.17) is 5.73 Å². The van der Waals surface area contributed by atoms with Crippen molar-refractivity contribution in [2.24, 2.45) is 10.7 Å². The van der Waals surface area contributed by atoms with Crippen molar-refractivity contribution in [3.8, 4) is 5.88 Å². The maximum Gasteiger partial charge on any atom is 0.248 e. The van der Waals surface area contributed by atoms with Gasteiger partial charge in [-0.1, -0.05) is 30.3 Å². The highest BCUT2D eigenvalue weighted by molar-refractivity contribution is 6.13. The molecule has 0 unspecified atom stereocenters. The minimum absolute atomic E-state index is 0.00749. The summed E-state index contributed by atoms with van der Waals surface area (Å²) in [5, 5.41) is 11.2. The lowest BCUT2D eigenvalue weighted by Gasteiger charge is -2.17. The number of aromatic nitrogens is 1. The molecule has 168 valence electrons. The summed E-state index contributed by atoms with van der Waals surface area (Å²) in [6.45, 7) is 3.29. The zero-order chi connectivity index (χ0) is 23.5. The monoisotopic (exact) mass is 444 g/mol. The summed E-state index contributed by atoms with van der Waals surface area (Å²) in [4.78, 5) is 21.1. The number of aromatic amines is 1. The topological polar surface area (TPSA) is 94.7 Å². The predicted molar refractivity (Wildman–Crippen MR) is 128 cm³/mol. The molecule has 0 aliphatic rings. The van der Waals surface area contributed by atoms with Crippen LogP contribution in [0.1, 0.15) is 34.0 Å². The molecule has 3 aromatic carbocycles. The van der Waals surface area contributed by atoms with Gasteiger partial charge in [-0.25, -0.2) is 4.39 Å². The molecule has 0 spiro atoms. The van der Waals surface area contributed by atoms with Crippen LogP contribution in [0, 0.1) is 5.82 Å². The summed E-state index contributed by atoms with van der Waals surface area (Å²) in [6, 6.07) is 19.4. The molecule has 0 saturated carbocycles. The summed E-state index contributed by atoms with van der Waals surface area (Å²) in [7, 11) is 2.02. The second-order valence-corrected chi connectivity index (χ2v) is 8.14. The smallest absolute Gasteiger partial charge is 0.248 e. The Kier molecular flexibility index (Phi) is 6.24. The minimum atomic E-state index is -0.527. The van der Waals surface area contributed by atoms with Crippen LogP contribution in [0.4, 0.5) is 10.1 Å². The Morgan fingerprint density at radius 1 is 1.03 bits per heavy atom. The largest absolute Gasteiger partial charge is 0.494 e. The quantitative estimate of drug-likeness (QED) is 0.355. The van der Waals surface area contributed by atoms with E-state index in [2.05, 4.69) is 14.9 Å². The van der Waals surface area contributed by atoms with Gasteiger partial charge in [0.1, 0.15) is 5.82 Å². The van der Waals surface area contributed by atoms with Crippen LogP contribution in [-0.2, 0) is 13.1 Å². The molecule has 0 atom stereocenters. The third-order valence-corrected chi connectivity index (χ3v) is 5.48. The molecule has 6 nitrogen and oxygen atoms in total. The fourth-order valence-electron chi connectivity index (χ4n) is 3.90. The number of hydrogen-bond donors (Lipinski definition) is 3. The summed E-state index contributed by atoms with van der Waals surface area (Å²) in [5.74, 6) is -0.766. The lowest BCUT2D eigenvalue weighted by atomic mass is 10.1. The average molecular weight is 445 g/mol. The average Bonchev–Trinajstić information content (AvgIpc) is 3.11. The highest BCUT2D eigenvalue weighted by Crippen LogP contribution is 2.30. The maximum absolute atomic E-state index is 13.1. The number of halogens is 1. The van der Waals surface area contributed by atoms with Gasteiger partial charge in [0.25, 0.3) is 0 Å². The number of aliphatic imine (C=N–C) groups is 1. The molecule has 1 heterocycles. The molecule has 7 heteroatoms. The normalized spacial score (nSPS) is 11.9. The number of benzene rings is 3. The van der Waals surface area contributed by atoms with Gasteiger partial charge in [0.05, 0.1) is 17.0 Å². The molecule has 0 aliphatic heterocycles. The van der Waals surface area contributed by atoms with Crippen molar-refractivity contribution in [2.45, 2.75) is 20.0 Å². The van der Waals surface area contributed by atoms with Gasteiger partial charge in [-0.15, -0.1) is 0 Å². The van der Waals surface area contributed by atoms with Crippen LogP contribution in [0.3, 0.4) is 0 Å². The van der Waals surface area contributed by atoms with Crippen LogP contribution in [0.5, 0.6) is 5.88 Å². The zero-order valence-electron chi connectivity index (χ0n) is 18.5. The van der Waals surface area contributed by atoms with E-state index in [9.17, 15) is 14.3 Å². The van der Waals surface area contributed by atoms with Gasteiger partial charge >= 0.3 is 0 Å². The number of primary amides is 1. The van der Waals surface area contributed by atoms with Crippen LogP contribution in [0.2, 0.25) is 0 Å². The molecule has 0 bridgehead atoms. The summed E-state index contributed by atoms with van der Waals surface area (Å²) < 4.78 is 13.1. The van der Waals surface area contributed by atoms with Crippen molar-refractivity contribution in [3.63, 3.8) is 0 Å². The van der Waals surface area contributed by atoms with Crippen molar-refractivity contribution >= 4 is 28.2 Å². The first-order chi connectivity index (χ1) is 15.8. The molecule has 1 amide bonds. The summed E-state index contributed by atoms with van der Waals surface area (Å²) in [5.41, 5.74) is 10.5. The molecular weight excluding hydrogens is 419 g/mol. The van der Waals surface area contributed by atoms with Gasteiger partial charge in [-0.2, -0.15) is 0 Å². The number of nitrogens with zero attached hydrogens (tertiary/aromatic N) is 2. The Labute approximate surface area is 191 Å². The van der Waals surface area contributed by atoms with Crippen molar-refractivity contribution in [1.29, 1.82) is 0 Å². The fourth-order valence-corrected chi connectivity index (χ4v) is 3.90. The predicted octanol–water partition coefficient (Wildman–Crippen LogP) is 4.88. The van der Waals surface area contributed by atoms with Crippen molar-refractivity contribution in [3.05, 3.63) is 94.8 Å². The molecule has 4 rings (SSSR count). The number of rotatable bonds is 7. The number of nitrogens with one attached hydrogen (secondary N) is 1. The van der Waals surface area contributed by atoms with Crippen molar-refractivity contribution in [2.75, 3.05) is 7.05 Å². The highest BCUT2D eigenvalue weighted by Gasteiger charge is 2.15. The van der Waals surface area contributed by atoms with Gasteiger partial charge in [-0.3, -0.25) is 14.7 Å². The van der Waals surface area contributed by atoms with Crippen molar-refractivity contribution < 1.29 is 14.3 Å². The van der Waals surface area contributed by atoms with Gasteiger partial charge in [0, 0.05) is 29.6 Å². The molecule has 4 N–H and O–H groups in total. The van der Waals surface area contributed by atoms with E-state index < -0.39 is 5.91 Å². The summed E-state index contributed by atoms with van der Waals surface area (Å²) in [6.07, 6.45) is 0. The van der Waals surface area contributed by atoms with E-state index in [1.54, 1.807) is 30.3 Å². The molecule has 0 fully saturated rings. The van der Waals surface area contributed by atoms with E-state index in [1.807, 2.05) is 38.2 Å². The van der Waals surface area contributed by atoms with Crippen LogP contribution in [0.25, 0.3) is 10.9 Å². The molecule has 1 aromatic heterocycles. The number of aromatic hydroxyl groups is 1. The molecule has 0 radical (unpaired) electrons. The minimum Gasteiger partial charge on any atom is -0.494 e. The van der Waals surface area contributed by atoms with Crippen molar-refractivity contribution in [1.82, 2.24) is 9.88 Å². The van der Waals surface area contributed by atoms with E-state index in [-0.39, 0.29) is 11.7 Å². The first-order valence-corrected chi connectivity index (χ1v) is 10.5. The number of carbonyl (C=O) groups is 1. The third kappa shape index (κ3) is 5.10. The number of nitrogens with two attached hydrogens (primary N) is 1. The Balaban J connectivity index is 1.48. The number of carbonyl (C=O) groups excluding carboxylic acids is 1.